The molecule has 1 fully saturated rings. The van der Waals surface area contributed by atoms with Gasteiger partial charge >= 0.3 is 0 Å². The first-order valence-corrected chi connectivity index (χ1v) is 6.86. The summed E-state index contributed by atoms with van der Waals surface area (Å²) in [5.41, 5.74) is 0.899. The Bertz CT molecular complexity index is 583. The molecule has 0 radical (unpaired) electrons. The second-order valence-electron chi connectivity index (χ2n) is 5.02. The van der Waals surface area contributed by atoms with E-state index in [2.05, 4.69) is 22.8 Å². The summed E-state index contributed by atoms with van der Waals surface area (Å²) in [6.45, 7) is 0.938. The second kappa shape index (κ2) is 5.41. The molecule has 0 bridgehead atoms. The highest BCUT2D eigenvalue weighted by Crippen LogP contribution is 2.23. The zero-order valence-corrected chi connectivity index (χ0v) is 10.9. The maximum atomic E-state index is 12.2. The number of amides is 1. The van der Waals surface area contributed by atoms with E-state index in [4.69, 9.17) is 0 Å². The largest absolute Gasteiger partial charge is 0.324 e. The maximum absolute atomic E-state index is 12.2. The van der Waals surface area contributed by atoms with Gasteiger partial charge in [-0.15, -0.1) is 0 Å². The highest BCUT2D eigenvalue weighted by Gasteiger charge is 2.20. The number of carbonyl (C=O) groups is 1. The molecule has 0 aliphatic carbocycles. The van der Waals surface area contributed by atoms with E-state index in [0.29, 0.717) is 0 Å². The summed E-state index contributed by atoms with van der Waals surface area (Å²) in [6.07, 6.45) is 3.22. The van der Waals surface area contributed by atoms with Crippen LogP contribution in [0.4, 0.5) is 5.69 Å². The first kappa shape index (κ1) is 12.2. The Kier molecular flexibility index (Phi) is 3.47. The third-order valence-corrected chi connectivity index (χ3v) is 3.67. The minimum atomic E-state index is -0.0484. The van der Waals surface area contributed by atoms with Gasteiger partial charge in [-0.2, -0.15) is 0 Å². The van der Waals surface area contributed by atoms with Crippen molar-refractivity contribution in [2.75, 3.05) is 11.9 Å². The minimum Gasteiger partial charge on any atom is -0.324 e. The Balaban J connectivity index is 1.82. The van der Waals surface area contributed by atoms with Gasteiger partial charge in [0.15, 0.2) is 0 Å². The molecule has 19 heavy (non-hydrogen) atoms. The van der Waals surface area contributed by atoms with Crippen LogP contribution in [0.2, 0.25) is 0 Å². The summed E-state index contributed by atoms with van der Waals surface area (Å²) in [5, 5.41) is 8.57. The standard InChI is InChI=1S/C16H18N2O/c19-16(15-9-3-4-11-17-15)18-14-10-5-7-12-6-1-2-8-13(12)14/h1-2,5-8,10,15,17H,3-4,9,11H2,(H,18,19)/t15-/m0/s1. The van der Waals surface area contributed by atoms with Gasteiger partial charge in [0, 0.05) is 11.1 Å². The molecule has 2 aromatic carbocycles. The monoisotopic (exact) mass is 254 g/mol. The van der Waals surface area contributed by atoms with Gasteiger partial charge in [0.2, 0.25) is 5.91 Å². The molecule has 0 unspecified atom stereocenters. The van der Waals surface area contributed by atoms with E-state index < -0.39 is 0 Å². The normalized spacial score (nSPS) is 19.3. The molecule has 0 saturated carbocycles. The number of benzene rings is 2. The summed E-state index contributed by atoms with van der Waals surface area (Å²) >= 11 is 0. The van der Waals surface area contributed by atoms with Crippen LogP contribution >= 0.6 is 0 Å². The van der Waals surface area contributed by atoms with E-state index in [1.165, 1.54) is 0 Å². The topological polar surface area (TPSA) is 41.1 Å². The van der Waals surface area contributed by atoms with E-state index >= 15 is 0 Å². The molecule has 3 heteroatoms. The van der Waals surface area contributed by atoms with E-state index in [9.17, 15) is 4.79 Å². The van der Waals surface area contributed by atoms with Gasteiger partial charge in [0.25, 0.3) is 0 Å². The molecule has 3 nitrogen and oxygen atoms in total. The van der Waals surface area contributed by atoms with Crippen LogP contribution in [0.25, 0.3) is 10.8 Å². The summed E-state index contributed by atoms with van der Waals surface area (Å²) in [4.78, 5) is 12.2. The molecule has 1 atom stereocenters. The van der Waals surface area contributed by atoms with Gasteiger partial charge in [-0.25, -0.2) is 0 Å². The van der Waals surface area contributed by atoms with Crippen LogP contribution in [0, 0.1) is 0 Å². The molecule has 1 heterocycles. The number of rotatable bonds is 2. The lowest BCUT2D eigenvalue weighted by atomic mass is 10.0. The molecule has 0 spiro atoms. The lowest BCUT2D eigenvalue weighted by Gasteiger charge is -2.22. The molecule has 1 saturated heterocycles. The highest BCUT2D eigenvalue weighted by atomic mass is 16.2. The number of carbonyl (C=O) groups excluding carboxylic acids is 1. The van der Waals surface area contributed by atoms with Crippen molar-refractivity contribution in [2.45, 2.75) is 25.3 Å². The SMILES string of the molecule is O=C(Nc1cccc2ccccc12)[C@@H]1CCCCN1. The van der Waals surface area contributed by atoms with Gasteiger partial charge in [-0.3, -0.25) is 4.79 Å². The number of anilines is 1. The summed E-state index contributed by atoms with van der Waals surface area (Å²) in [6, 6.07) is 14.1. The van der Waals surface area contributed by atoms with Crippen molar-refractivity contribution in [3.05, 3.63) is 42.5 Å². The molecule has 98 valence electrons. The Morgan fingerprint density at radius 3 is 2.79 bits per heavy atom. The van der Waals surface area contributed by atoms with E-state index in [0.717, 1.165) is 42.3 Å². The first-order valence-electron chi connectivity index (χ1n) is 6.86. The van der Waals surface area contributed by atoms with E-state index in [-0.39, 0.29) is 11.9 Å². The minimum absolute atomic E-state index is 0.0484. The fraction of sp³-hybridized carbons (Fsp3) is 0.312. The van der Waals surface area contributed by atoms with Crippen molar-refractivity contribution in [1.29, 1.82) is 0 Å². The molecule has 2 N–H and O–H groups in total. The Hall–Kier alpha value is -1.87. The van der Waals surface area contributed by atoms with Gasteiger partial charge in [-0.1, -0.05) is 42.8 Å². The lowest BCUT2D eigenvalue weighted by Crippen LogP contribution is -2.43. The molecule has 1 aliphatic rings. The zero-order valence-electron chi connectivity index (χ0n) is 10.9. The van der Waals surface area contributed by atoms with Gasteiger partial charge in [0.1, 0.15) is 0 Å². The average molecular weight is 254 g/mol. The van der Waals surface area contributed by atoms with Crippen LogP contribution in [-0.4, -0.2) is 18.5 Å². The Morgan fingerprint density at radius 2 is 1.95 bits per heavy atom. The molecule has 1 aliphatic heterocycles. The quantitative estimate of drug-likeness (QED) is 0.865. The number of hydrogen-bond donors (Lipinski definition) is 2. The Labute approximate surface area is 113 Å². The fourth-order valence-corrected chi connectivity index (χ4v) is 2.63. The molecular weight excluding hydrogens is 236 g/mol. The van der Waals surface area contributed by atoms with E-state index in [1.807, 2.05) is 30.3 Å². The fourth-order valence-electron chi connectivity index (χ4n) is 2.63. The first-order chi connectivity index (χ1) is 9.34. The van der Waals surface area contributed by atoms with Crippen LogP contribution in [-0.2, 0) is 4.79 Å². The molecule has 3 rings (SSSR count). The number of fused-ring (bicyclic) bond motifs is 1. The second-order valence-corrected chi connectivity index (χ2v) is 5.02. The third-order valence-electron chi connectivity index (χ3n) is 3.67. The van der Waals surface area contributed by atoms with Crippen LogP contribution in [0.5, 0.6) is 0 Å². The summed E-state index contributed by atoms with van der Waals surface area (Å²) in [5.74, 6) is 0.0797. The number of piperidine rings is 1. The van der Waals surface area contributed by atoms with Crippen molar-refractivity contribution in [1.82, 2.24) is 5.32 Å². The lowest BCUT2D eigenvalue weighted by molar-refractivity contribution is -0.118. The van der Waals surface area contributed by atoms with E-state index in [1.54, 1.807) is 0 Å². The summed E-state index contributed by atoms with van der Waals surface area (Å²) in [7, 11) is 0. The number of nitrogens with one attached hydrogen (secondary N) is 2. The van der Waals surface area contributed by atoms with Crippen molar-refractivity contribution < 1.29 is 4.79 Å². The predicted octanol–water partition coefficient (Wildman–Crippen LogP) is 2.92. The van der Waals surface area contributed by atoms with Crippen molar-refractivity contribution in [3.8, 4) is 0 Å². The van der Waals surface area contributed by atoms with Crippen LogP contribution in [0.3, 0.4) is 0 Å². The van der Waals surface area contributed by atoms with Gasteiger partial charge in [0.05, 0.1) is 6.04 Å². The predicted molar refractivity (Wildman–Crippen MR) is 78.2 cm³/mol. The van der Waals surface area contributed by atoms with Crippen LogP contribution in [0.15, 0.2) is 42.5 Å². The molecule has 1 amide bonds. The zero-order chi connectivity index (χ0) is 13.1. The van der Waals surface area contributed by atoms with Gasteiger partial charge < -0.3 is 10.6 Å². The van der Waals surface area contributed by atoms with Crippen molar-refractivity contribution in [2.24, 2.45) is 0 Å². The smallest absolute Gasteiger partial charge is 0.241 e. The molecular formula is C16H18N2O. The van der Waals surface area contributed by atoms with Gasteiger partial charge in [-0.05, 0) is 30.8 Å². The van der Waals surface area contributed by atoms with Crippen LogP contribution < -0.4 is 10.6 Å². The molecule has 0 aromatic heterocycles. The molecule has 2 aromatic rings. The summed E-state index contributed by atoms with van der Waals surface area (Å²) < 4.78 is 0. The van der Waals surface area contributed by atoms with Crippen LogP contribution in [0.1, 0.15) is 19.3 Å². The average Bonchev–Trinajstić information content (AvgIpc) is 2.48. The number of hydrogen-bond acceptors (Lipinski definition) is 2. The Morgan fingerprint density at radius 1 is 1.11 bits per heavy atom. The van der Waals surface area contributed by atoms with Crippen molar-refractivity contribution in [3.63, 3.8) is 0 Å². The highest BCUT2D eigenvalue weighted by molar-refractivity contribution is 6.03. The third kappa shape index (κ3) is 2.61. The van der Waals surface area contributed by atoms with Crippen molar-refractivity contribution >= 4 is 22.4 Å². The maximum Gasteiger partial charge on any atom is 0.241 e.